The average Bonchev–Trinajstić information content (AvgIpc) is 3.33. The molecule has 4 aromatic rings. The van der Waals surface area contributed by atoms with Gasteiger partial charge in [-0.3, -0.25) is 14.5 Å². The molecule has 4 aromatic heterocycles. The van der Waals surface area contributed by atoms with Crippen molar-refractivity contribution in [2.45, 2.75) is 25.8 Å². The summed E-state index contributed by atoms with van der Waals surface area (Å²) in [5.41, 5.74) is 2.11. The molecule has 4 amide bonds. The first-order valence-electron chi connectivity index (χ1n) is 12.6. The summed E-state index contributed by atoms with van der Waals surface area (Å²) < 4.78 is 5.68. The number of aryl methyl sites for hydroxylation is 1. The summed E-state index contributed by atoms with van der Waals surface area (Å²) in [5.74, 6) is 0.134. The topological polar surface area (TPSA) is 143 Å². The van der Waals surface area contributed by atoms with Gasteiger partial charge < -0.3 is 20.3 Å². The van der Waals surface area contributed by atoms with Crippen molar-refractivity contribution >= 4 is 56.5 Å². The summed E-state index contributed by atoms with van der Waals surface area (Å²) in [6.07, 6.45) is 5.96. The first-order chi connectivity index (χ1) is 19.4. The molecule has 0 bridgehead atoms. The summed E-state index contributed by atoms with van der Waals surface area (Å²) in [5, 5.41) is 14.3. The fourth-order valence-corrected chi connectivity index (χ4v) is 5.95. The molecule has 40 heavy (non-hydrogen) atoms. The van der Waals surface area contributed by atoms with Crippen LogP contribution in [0.25, 0.3) is 10.2 Å². The summed E-state index contributed by atoms with van der Waals surface area (Å²) in [6.45, 7) is 6.36. The number of hydrogen-bond acceptors (Lipinski definition) is 9. The number of nitrogens with one attached hydrogen (secondary N) is 2. The van der Waals surface area contributed by atoms with Gasteiger partial charge in [-0.2, -0.15) is 5.10 Å². The molecule has 0 aromatic carbocycles. The fourth-order valence-electron chi connectivity index (χ4n) is 4.93. The predicted molar refractivity (Wildman–Crippen MR) is 149 cm³/mol. The second kappa shape index (κ2) is 10.3. The smallest absolute Gasteiger partial charge is 0.331 e. The van der Waals surface area contributed by atoms with Gasteiger partial charge in [0.2, 0.25) is 17.7 Å². The Bertz CT molecular complexity index is 1660. The van der Waals surface area contributed by atoms with E-state index < -0.39 is 6.03 Å². The van der Waals surface area contributed by atoms with Gasteiger partial charge in [-0.25, -0.2) is 14.8 Å². The van der Waals surface area contributed by atoms with Crippen molar-refractivity contribution in [3.63, 3.8) is 0 Å². The van der Waals surface area contributed by atoms with E-state index in [-0.39, 0.29) is 17.9 Å². The fraction of sp³-hybridized carbons (Fsp3) is 0.222. The van der Waals surface area contributed by atoms with E-state index in [1.807, 2.05) is 0 Å². The maximum absolute atomic E-state index is 13.5. The highest BCUT2D eigenvalue weighted by Gasteiger charge is 2.34. The SMILES string of the molecule is C=CC(=O)N1CCC[C@@H](NC(=O)c2sc3nccc4c3c2NC(=O)N4c2ccc(Oc3cccnn3)nc2C)C1. The molecule has 6 rings (SSSR count). The molecule has 6 heterocycles. The number of carbonyl (C=O) groups excluding carboxylic acids is 3. The summed E-state index contributed by atoms with van der Waals surface area (Å²) >= 11 is 1.21. The van der Waals surface area contributed by atoms with Gasteiger partial charge in [0.05, 0.1) is 28.1 Å². The molecule has 0 spiro atoms. The quantitative estimate of drug-likeness (QED) is 0.337. The minimum Gasteiger partial charge on any atom is -0.419 e. The second-order valence-electron chi connectivity index (χ2n) is 9.30. The molecule has 0 saturated carbocycles. The van der Waals surface area contributed by atoms with E-state index in [1.165, 1.54) is 22.3 Å². The zero-order valence-electron chi connectivity index (χ0n) is 21.5. The molecule has 1 fully saturated rings. The lowest BCUT2D eigenvalue weighted by Crippen LogP contribution is -2.49. The van der Waals surface area contributed by atoms with Gasteiger partial charge in [-0.15, -0.1) is 16.4 Å². The van der Waals surface area contributed by atoms with Crippen LogP contribution >= 0.6 is 11.3 Å². The van der Waals surface area contributed by atoms with Crippen molar-refractivity contribution in [3.05, 3.63) is 66.0 Å². The van der Waals surface area contributed by atoms with Crippen molar-refractivity contribution in [2.75, 3.05) is 23.3 Å². The minimum absolute atomic E-state index is 0.157. The van der Waals surface area contributed by atoms with Crippen LogP contribution in [0.15, 0.2) is 55.4 Å². The molecule has 2 N–H and O–H groups in total. The number of aromatic nitrogens is 4. The lowest BCUT2D eigenvalue weighted by Gasteiger charge is -2.32. The lowest BCUT2D eigenvalue weighted by atomic mass is 10.1. The molecule has 2 aliphatic rings. The molecule has 0 radical (unpaired) electrons. The molecule has 0 unspecified atom stereocenters. The van der Waals surface area contributed by atoms with Crippen LogP contribution in [-0.2, 0) is 4.79 Å². The minimum atomic E-state index is -0.430. The van der Waals surface area contributed by atoms with Gasteiger partial charge in [-0.05, 0) is 44.0 Å². The first-order valence-corrected chi connectivity index (χ1v) is 13.4. The molecule has 13 heteroatoms. The van der Waals surface area contributed by atoms with Crippen molar-refractivity contribution in [3.8, 4) is 11.8 Å². The Morgan fingerprint density at radius 3 is 2.85 bits per heavy atom. The van der Waals surface area contributed by atoms with E-state index >= 15 is 0 Å². The van der Waals surface area contributed by atoms with E-state index in [1.54, 1.807) is 54.5 Å². The standard InChI is InChI=1S/C27H24N8O4S/c1-3-21(36)34-13-5-6-16(14-34)31-25(37)24-23-22-18(10-12-28-26(22)40-24)35(27(38)32-23)17-8-9-19(30-15(17)2)39-20-7-4-11-29-33-20/h3-4,7-12,16H,1,5-6,13-14H2,2H3,(H,31,37)(H,32,38)/t16-/m1/s1. The predicted octanol–water partition coefficient (Wildman–Crippen LogP) is 4.17. The maximum Gasteiger partial charge on any atom is 0.331 e. The summed E-state index contributed by atoms with van der Waals surface area (Å²) in [7, 11) is 0. The molecule has 202 valence electrons. The third kappa shape index (κ3) is 4.60. The number of hydrogen-bond donors (Lipinski definition) is 2. The Morgan fingerprint density at radius 1 is 1.20 bits per heavy atom. The maximum atomic E-state index is 13.5. The zero-order valence-corrected chi connectivity index (χ0v) is 22.3. The Labute approximate surface area is 232 Å². The Hall–Kier alpha value is -4.91. The van der Waals surface area contributed by atoms with Crippen LogP contribution in [0.4, 0.5) is 21.9 Å². The number of ether oxygens (including phenoxy) is 1. The lowest BCUT2D eigenvalue weighted by molar-refractivity contribution is -0.127. The van der Waals surface area contributed by atoms with Gasteiger partial charge >= 0.3 is 6.03 Å². The Kier molecular flexibility index (Phi) is 6.56. The average molecular weight is 557 g/mol. The number of anilines is 3. The second-order valence-corrected chi connectivity index (χ2v) is 10.3. The van der Waals surface area contributed by atoms with Gasteiger partial charge in [0.15, 0.2) is 0 Å². The Balaban J connectivity index is 1.29. The van der Waals surface area contributed by atoms with Crippen LogP contribution in [0.5, 0.6) is 11.8 Å². The van der Waals surface area contributed by atoms with Crippen LogP contribution in [0.3, 0.4) is 0 Å². The highest BCUT2D eigenvalue weighted by atomic mass is 32.1. The van der Waals surface area contributed by atoms with Crippen molar-refractivity contribution in [2.24, 2.45) is 0 Å². The highest BCUT2D eigenvalue weighted by molar-refractivity contribution is 7.21. The number of likely N-dealkylation sites (tertiary alicyclic amines) is 1. The van der Waals surface area contributed by atoms with Gasteiger partial charge in [0.1, 0.15) is 9.71 Å². The molecule has 2 aliphatic heterocycles. The number of urea groups is 1. The van der Waals surface area contributed by atoms with Crippen LogP contribution < -0.4 is 20.3 Å². The molecular formula is C27H24N8O4S. The number of pyridine rings is 2. The normalized spacial score (nSPS) is 16.4. The van der Waals surface area contributed by atoms with Gasteiger partial charge in [-0.1, -0.05) is 6.58 Å². The third-order valence-corrected chi connectivity index (χ3v) is 7.82. The monoisotopic (exact) mass is 556 g/mol. The van der Waals surface area contributed by atoms with Crippen LogP contribution in [0.1, 0.15) is 28.2 Å². The van der Waals surface area contributed by atoms with Crippen molar-refractivity contribution < 1.29 is 19.1 Å². The summed E-state index contributed by atoms with van der Waals surface area (Å²) in [6, 6.07) is 7.86. The van der Waals surface area contributed by atoms with E-state index in [2.05, 4.69) is 37.4 Å². The number of thiophene rings is 1. The molecule has 0 aliphatic carbocycles. The number of amides is 4. The van der Waals surface area contributed by atoms with Crippen molar-refractivity contribution in [1.29, 1.82) is 0 Å². The van der Waals surface area contributed by atoms with E-state index in [0.717, 1.165) is 12.8 Å². The molecule has 12 nitrogen and oxygen atoms in total. The molecule has 1 atom stereocenters. The Morgan fingerprint density at radius 2 is 2.08 bits per heavy atom. The van der Waals surface area contributed by atoms with E-state index in [0.29, 0.717) is 62.7 Å². The zero-order chi connectivity index (χ0) is 27.8. The van der Waals surface area contributed by atoms with E-state index in [4.69, 9.17) is 4.74 Å². The number of piperidine rings is 1. The number of carbonyl (C=O) groups is 3. The van der Waals surface area contributed by atoms with Gasteiger partial charge in [0, 0.05) is 43.7 Å². The third-order valence-electron chi connectivity index (χ3n) is 6.73. The number of nitrogens with zero attached hydrogens (tertiary/aromatic N) is 6. The van der Waals surface area contributed by atoms with Crippen LogP contribution in [0, 0.1) is 6.92 Å². The van der Waals surface area contributed by atoms with Gasteiger partial charge in [0.25, 0.3) is 5.91 Å². The van der Waals surface area contributed by atoms with E-state index in [9.17, 15) is 14.4 Å². The first kappa shape index (κ1) is 25.4. The molecule has 1 saturated heterocycles. The largest absolute Gasteiger partial charge is 0.419 e. The summed E-state index contributed by atoms with van der Waals surface area (Å²) in [4.78, 5) is 52.1. The van der Waals surface area contributed by atoms with Crippen LogP contribution in [-0.4, -0.2) is 62.0 Å². The van der Waals surface area contributed by atoms with Crippen molar-refractivity contribution in [1.82, 2.24) is 30.4 Å². The number of rotatable bonds is 6. The molecular weight excluding hydrogens is 532 g/mol. The highest BCUT2D eigenvalue weighted by Crippen LogP contribution is 2.46. The van der Waals surface area contributed by atoms with Crippen LogP contribution in [0.2, 0.25) is 0 Å².